The summed E-state index contributed by atoms with van der Waals surface area (Å²) in [6.07, 6.45) is 5.62. The number of ether oxygens (including phenoxy) is 2. The lowest BCUT2D eigenvalue weighted by Crippen LogP contribution is -2.34. The Labute approximate surface area is 146 Å². The highest BCUT2D eigenvalue weighted by Gasteiger charge is 2.15. The Balaban J connectivity index is 1.63. The van der Waals surface area contributed by atoms with Crippen molar-refractivity contribution in [1.82, 2.24) is 4.90 Å². The van der Waals surface area contributed by atoms with E-state index in [0.717, 1.165) is 44.1 Å². The van der Waals surface area contributed by atoms with Crippen LogP contribution in [0.4, 0.5) is 0 Å². The molecule has 4 heteroatoms. The van der Waals surface area contributed by atoms with Gasteiger partial charge in [-0.1, -0.05) is 20.3 Å². The van der Waals surface area contributed by atoms with Gasteiger partial charge in [0.05, 0.1) is 18.8 Å². The van der Waals surface area contributed by atoms with Crippen LogP contribution in [0.3, 0.4) is 0 Å². The van der Waals surface area contributed by atoms with Gasteiger partial charge in [-0.25, -0.2) is 4.79 Å². The van der Waals surface area contributed by atoms with E-state index < -0.39 is 0 Å². The minimum Gasteiger partial charge on any atom is -0.494 e. The van der Waals surface area contributed by atoms with E-state index in [4.69, 9.17) is 9.47 Å². The van der Waals surface area contributed by atoms with Crippen molar-refractivity contribution in [3.8, 4) is 5.75 Å². The van der Waals surface area contributed by atoms with E-state index in [2.05, 4.69) is 18.7 Å². The average molecular weight is 333 g/mol. The third kappa shape index (κ3) is 6.52. The van der Waals surface area contributed by atoms with Crippen molar-refractivity contribution >= 4 is 5.97 Å². The molecule has 1 aromatic carbocycles. The van der Waals surface area contributed by atoms with Crippen LogP contribution in [-0.2, 0) is 4.74 Å². The maximum absolute atomic E-state index is 12.0. The van der Waals surface area contributed by atoms with E-state index in [1.54, 1.807) is 12.1 Å². The maximum atomic E-state index is 12.0. The summed E-state index contributed by atoms with van der Waals surface area (Å²) in [5, 5.41) is 0. The van der Waals surface area contributed by atoms with Gasteiger partial charge in [-0.3, -0.25) is 0 Å². The summed E-state index contributed by atoms with van der Waals surface area (Å²) in [5.41, 5.74) is 0.588. The van der Waals surface area contributed by atoms with Crippen LogP contribution in [-0.4, -0.2) is 43.7 Å². The number of benzene rings is 1. The van der Waals surface area contributed by atoms with Crippen LogP contribution >= 0.6 is 0 Å². The molecule has 0 bridgehead atoms. The highest BCUT2D eigenvalue weighted by molar-refractivity contribution is 5.89. The van der Waals surface area contributed by atoms with E-state index in [1.807, 2.05) is 12.1 Å². The Bertz CT molecular complexity index is 478. The van der Waals surface area contributed by atoms with Gasteiger partial charge >= 0.3 is 5.97 Å². The molecule has 0 atom stereocenters. The Morgan fingerprint density at radius 1 is 1.12 bits per heavy atom. The fraction of sp³-hybridized carbons (Fsp3) is 0.650. The second-order valence-electron chi connectivity index (χ2n) is 6.74. The third-order valence-corrected chi connectivity index (χ3v) is 4.58. The molecule has 2 rings (SSSR count). The summed E-state index contributed by atoms with van der Waals surface area (Å²) in [4.78, 5) is 14.5. The molecule has 0 saturated carbocycles. The first-order valence-corrected chi connectivity index (χ1v) is 9.31. The predicted octanol–water partition coefficient (Wildman–Crippen LogP) is 4.14. The Kier molecular flexibility index (Phi) is 8.10. The minimum atomic E-state index is -0.248. The van der Waals surface area contributed by atoms with Gasteiger partial charge in [0.1, 0.15) is 5.75 Å². The number of carbonyl (C=O) groups is 1. The van der Waals surface area contributed by atoms with Gasteiger partial charge in [-0.15, -0.1) is 0 Å². The largest absolute Gasteiger partial charge is 0.494 e. The molecule has 0 spiro atoms. The van der Waals surface area contributed by atoms with Crippen LogP contribution in [0, 0.1) is 5.92 Å². The number of piperidine rings is 1. The second kappa shape index (κ2) is 10.3. The normalized spacial score (nSPS) is 16.1. The molecule has 0 N–H and O–H groups in total. The van der Waals surface area contributed by atoms with Crippen LogP contribution in [0.1, 0.15) is 56.3 Å². The quantitative estimate of drug-likeness (QED) is 0.503. The van der Waals surface area contributed by atoms with E-state index in [1.165, 1.54) is 25.9 Å². The molecule has 0 aromatic heterocycles. The first-order valence-electron chi connectivity index (χ1n) is 9.31. The molecule has 0 radical (unpaired) electrons. The summed E-state index contributed by atoms with van der Waals surface area (Å²) in [6.45, 7) is 9.02. The number of nitrogens with zero attached hydrogens (tertiary/aromatic N) is 1. The van der Waals surface area contributed by atoms with Crippen LogP contribution in [0.5, 0.6) is 5.75 Å². The molecule has 1 fully saturated rings. The first-order chi connectivity index (χ1) is 11.7. The number of carbonyl (C=O) groups excluding carboxylic acids is 1. The van der Waals surface area contributed by atoms with Crippen molar-refractivity contribution in [3.05, 3.63) is 29.8 Å². The Hall–Kier alpha value is -1.55. The monoisotopic (exact) mass is 333 g/mol. The summed E-state index contributed by atoms with van der Waals surface area (Å²) in [6, 6.07) is 7.22. The highest BCUT2D eigenvalue weighted by Crippen LogP contribution is 2.16. The summed E-state index contributed by atoms with van der Waals surface area (Å²) < 4.78 is 11.0. The molecule has 134 valence electrons. The smallest absolute Gasteiger partial charge is 0.338 e. The lowest BCUT2D eigenvalue weighted by atomic mass is 9.99. The van der Waals surface area contributed by atoms with Gasteiger partial charge in [0.2, 0.25) is 0 Å². The number of likely N-dealkylation sites (tertiary alicyclic amines) is 1. The van der Waals surface area contributed by atoms with Gasteiger partial charge in [0.15, 0.2) is 0 Å². The van der Waals surface area contributed by atoms with Crippen molar-refractivity contribution in [3.63, 3.8) is 0 Å². The summed E-state index contributed by atoms with van der Waals surface area (Å²) in [5.74, 6) is 1.41. The highest BCUT2D eigenvalue weighted by atomic mass is 16.5. The number of hydrogen-bond acceptors (Lipinski definition) is 4. The topological polar surface area (TPSA) is 38.8 Å². The van der Waals surface area contributed by atoms with E-state index in [-0.39, 0.29) is 5.97 Å². The van der Waals surface area contributed by atoms with E-state index in [0.29, 0.717) is 12.2 Å². The maximum Gasteiger partial charge on any atom is 0.338 e. The first kappa shape index (κ1) is 18.8. The molecular formula is C20H31NO3. The SMILES string of the molecule is CCCCOc1ccc(C(=O)OCCCN2CCC(C)CC2)cc1. The van der Waals surface area contributed by atoms with Crippen molar-refractivity contribution < 1.29 is 14.3 Å². The zero-order valence-corrected chi connectivity index (χ0v) is 15.1. The van der Waals surface area contributed by atoms with E-state index in [9.17, 15) is 4.79 Å². The molecule has 0 unspecified atom stereocenters. The Morgan fingerprint density at radius 3 is 2.50 bits per heavy atom. The molecule has 1 aliphatic heterocycles. The van der Waals surface area contributed by atoms with Gasteiger partial charge < -0.3 is 14.4 Å². The molecule has 1 aliphatic rings. The molecular weight excluding hydrogens is 302 g/mol. The second-order valence-corrected chi connectivity index (χ2v) is 6.74. The number of unbranched alkanes of at least 4 members (excludes halogenated alkanes) is 1. The predicted molar refractivity (Wildman–Crippen MR) is 96.6 cm³/mol. The van der Waals surface area contributed by atoms with Gasteiger partial charge in [0, 0.05) is 6.54 Å². The van der Waals surface area contributed by atoms with Crippen molar-refractivity contribution in [2.75, 3.05) is 32.8 Å². The third-order valence-electron chi connectivity index (χ3n) is 4.58. The van der Waals surface area contributed by atoms with Gasteiger partial charge in [0.25, 0.3) is 0 Å². The lowest BCUT2D eigenvalue weighted by molar-refractivity contribution is 0.0483. The molecule has 1 heterocycles. The zero-order valence-electron chi connectivity index (χ0n) is 15.1. The number of hydrogen-bond donors (Lipinski definition) is 0. The standard InChI is InChI=1S/C20H31NO3/c1-3-4-15-23-19-8-6-18(7-9-19)20(22)24-16-5-12-21-13-10-17(2)11-14-21/h6-9,17H,3-5,10-16H2,1-2H3. The molecule has 0 aliphatic carbocycles. The molecule has 4 nitrogen and oxygen atoms in total. The van der Waals surface area contributed by atoms with Crippen molar-refractivity contribution in [1.29, 1.82) is 0 Å². The summed E-state index contributed by atoms with van der Waals surface area (Å²) >= 11 is 0. The lowest BCUT2D eigenvalue weighted by Gasteiger charge is -2.29. The van der Waals surface area contributed by atoms with Gasteiger partial charge in [-0.05, 0) is 69.0 Å². The fourth-order valence-electron chi connectivity index (χ4n) is 2.84. The van der Waals surface area contributed by atoms with Gasteiger partial charge in [-0.2, -0.15) is 0 Å². The number of rotatable bonds is 9. The fourth-order valence-corrected chi connectivity index (χ4v) is 2.84. The van der Waals surface area contributed by atoms with Crippen LogP contribution in [0.15, 0.2) is 24.3 Å². The van der Waals surface area contributed by atoms with Crippen LogP contribution < -0.4 is 4.74 Å². The van der Waals surface area contributed by atoms with E-state index >= 15 is 0 Å². The van der Waals surface area contributed by atoms with Crippen LogP contribution in [0.2, 0.25) is 0 Å². The molecule has 24 heavy (non-hydrogen) atoms. The Morgan fingerprint density at radius 2 is 1.83 bits per heavy atom. The molecule has 1 saturated heterocycles. The molecule has 1 aromatic rings. The van der Waals surface area contributed by atoms with Crippen LogP contribution in [0.25, 0.3) is 0 Å². The minimum absolute atomic E-state index is 0.248. The molecule has 0 amide bonds. The van der Waals surface area contributed by atoms with Crippen molar-refractivity contribution in [2.24, 2.45) is 5.92 Å². The zero-order chi connectivity index (χ0) is 17.2. The number of esters is 1. The average Bonchev–Trinajstić information content (AvgIpc) is 2.61. The summed E-state index contributed by atoms with van der Waals surface area (Å²) in [7, 11) is 0. The van der Waals surface area contributed by atoms with Crippen molar-refractivity contribution in [2.45, 2.75) is 46.0 Å².